The number of aromatic amines is 1. The van der Waals surface area contributed by atoms with E-state index in [0.29, 0.717) is 0 Å². The molecule has 1 N–H and O–H groups in total. The van der Waals surface area contributed by atoms with Crippen LogP contribution in [0, 0.1) is 0 Å². The highest BCUT2D eigenvalue weighted by Crippen LogP contribution is 2.07. The molecular formula is C12H11NO. The van der Waals surface area contributed by atoms with Gasteiger partial charge in [-0.05, 0) is 25.1 Å². The number of hydrogen-bond acceptors (Lipinski definition) is 1. The van der Waals surface area contributed by atoms with E-state index in [4.69, 9.17) is 0 Å². The van der Waals surface area contributed by atoms with Gasteiger partial charge in [0.2, 0.25) is 0 Å². The van der Waals surface area contributed by atoms with E-state index in [0.717, 1.165) is 16.6 Å². The van der Waals surface area contributed by atoms with Gasteiger partial charge >= 0.3 is 0 Å². The number of fused-ring (bicyclic) bond motifs is 1. The number of aromatic nitrogens is 1. The lowest BCUT2D eigenvalue weighted by atomic mass is 10.2. The van der Waals surface area contributed by atoms with Crippen molar-refractivity contribution < 1.29 is 0 Å². The Kier molecular flexibility index (Phi) is 2.19. The molecular weight excluding hydrogens is 174 g/mol. The molecule has 2 nitrogen and oxygen atoms in total. The second-order valence-electron chi connectivity index (χ2n) is 3.13. The van der Waals surface area contributed by atoms with Gasteiger partial charge < -0.3 is 4.98 Å². The van der Waals surface area contributed by atoms with Crippen LogP contribution in [0.5, 0.6) is 0 Å². The molecule has 70 valence electrons. The predicted octanol–water partition coefficient (Wildman–Crippen LogP) is 2.56. The van der Waals surface area contributed by atoms with Crippen LogP contribution in [0.25, 0.3) is 17.0 Å². The summed E-state index contributed by atoms with van der Waals surface area (Å²) in [6.07, 6.45) is 3.79. The molecule has 1 heterocycles. The minimum Gasteiger partial charge on any atom is -0.355 e. The molecule has 0 aliphatic heterocycles. The Hall–Kier alpha value is -1.83. The van der Waals surface area contributed by atoms with Gasteiger partial charge in [-0.1, -0.05) is 18.2 Å². The molecule has 0 bridgehead atoms. The van der Waals surface area contributed by atoms with Crippen molar-refractivity contribution in [2.75, 3.05) is 0 Å². The highest BCUT2D eigenvalue weighted by Gasteiger charge is 1.97. The number of allylic oxidation sites excluding steroid dienone is 1. The van der Waals surface area contributed by atoms with E-state index in [1.165, 1.54) is 0 Å². The largest absolute Gasteiger partial charge is 0.355 e. The summed E-state index contributed by atoms with van der Waals surface area (Å²) in [4.78, 5) is 14.8. The van der Waals surface area contributed by atoms with Gasteiger partial charge in [-0.25, -0.2) is 0 Å². The lowest BCUT2D eigenvalue weighted by Crippen LogP contribution is -2.02. The molecule has 14 heavy (non-hydrogen) atoms. The van der Waals surface area contributed by atoms with Gasteiger partial charge in [0.25, 0.3) is 0 Å². The van der Waals surface area contributed by atoms with E-state index in [9.17, 15) is 4.79 Å². The number of H-pyrrole nitrogens is 1. The molecule has 1 aromatic heterocycles. The number of hydrogen-bond donors (Lipinski definition) is 1. The molecule has 0 spiro atoms. The normalized spacial score (nSPS) is 11.2. The summed E-state index contributed by atoms with van der Waals surface area (Å²) in [5, 5.41) is 0.737. The van der Waals surface area contributed by atoms with Gasteiger partial charge in [0.15, 0.2) is 5.43 Å². The number of pyridine rings is 1. The van der Waals surface area contributed by atoms with Gasteiger partial charge in [-0.2, -0.15) is 0 Å². The van der Waals surface area contributed by atoms with Gasteiger partial charge in [0.1, 0.15) is 0 Å². The van der Waals surface area contributed by atoms with Crippen molar-refractivity contribution in [3.8, 4) is 0 Å². The van der Waals surface area contributed by atoms with Gasteiger partial charge in [-0.3, -0.25) is 4.79 Å². The molecule has 0 radical (unpaired) electrons. The van der Waals surface area contributed by atoms with Crippen LogP contribution in [0.15, 0.2) is 41.2 Å². The fourth-order valence-corrected chi connectivity index (χ4v) is 1.49. The topological polar surface area (TPSA) is 32.9 Å². The van der Waals surface area contributed by atoms with E-state index in [1.807, 2.05) is 43.3 Å². The SMILES string of the molecule is CC=Cc1cc(=O)c2ccccc2[nH]1. The third kappa shape index (κ3) is 1.46. The van der Waals surface area contributed by atoms with Crippen molar-refractivity contribution in [2.45, 2.75) is 6.92 Å². The Labute approximate surface area is 81.9 Å². The zero-order valence-corrected chi connectivity index (χ0v) is 7.95. The first-order valence-electron chi connectivity index (χ1n) is 4.56. The highest BCUT2D eigenvalue weighted by molar-refractivity contribution is 5.79. The van der Waals surface area contributed by atoms with E-state index in [-0.39, 0.29) is 5.43 Å². The van der Waals surface area contributed by atoms with Crippen LogP contribution >= 0.6 is 0 Å². The maximum absolute atomic E-state index is 11.6. The monoisotopic (exact) mass is 185 g/mol. The van der Waals surface area contributed by atoms with Crippen LogP contribution in [-0.4, -0.2) is 4.98 Å². The van der Waals surface area contributed by atoms with Gasteiger partial charge in [-0.15, -0.1) is 0 Å². The number of rotatable bonds is 1. The minimum atomic E-state index is 0.0625. The van der Waals surface area contributed by atoms with Crippen molar-refractivity contribution in [1.29, 1.82) is 0 Å². The van der Waals surface area contributed by atoms with Crippen molar-refractivity contribution in [2.24, 2.45) is 0 Å². The van der Waals surface area contributed by atoms with Crippen LogP contribution in [-0.2, 0) is 0 Å². The summed E-state index contributed by atoms with van der Waals surface area (Å²) in [6.45, 7) is 1.92. The summed E-state index contributed by atoms with van der Waals surface area (Å²) < 4.78 is 0. The molecule has 2 heteroatoms. The number of nitrogens with one attached hydrogen (secondary N) is 1. The number of para-hydroxylation sites is 1. The van der Waals surface area contributed by atoms with E-state index >= 15 is 0 Å². The Balaban J connectivity index is 2.79. The Morgan fingerprint density at radius 2 is 2.07 bits per heavy atom. The standard InChI is InChI=1S/C12H11NO/c1-2-5-9-8-12(14)10-6-3-4-7-11(10)13-9/h2-8H,1H3,(H,13,14). The summed E-state index contributed by atoms with van der Waals surface area (Å²) in [5.74, 6) is 0. The Morgan fingerprint density at radius 3 is 2.86 bits per heavy atom. The summed E-state index contributed by atoms with van der Waals surface area (Å²) in [5.41, 5.74) is 1.79. The van der Waals surface area contributed by atoms with E-state index in [1.54, 1.807) is 6.07 Å². The van der Waals surface area contributed by atoms with Crippen LogP contribution < -0.4 is 5.43 Å². The second kappa shape index (κ2) is 3.50. The smallest absolute Gasteiger partial charge is 0.189 e. The lowest BCUT2D eigenvalue weighted by Gasteiger charge is -1.98. The first kappa shape index (κ1) is 8.75. The molecule has 2 rings (SSSR count). The summed E-state index contributed by atoms with van der Waals surface area (Å²) in [6, 6.07) is 9.13. The highest BCUT2D eigenvalue weighted by atomic mass is 16.1. The lowest BCUT2D eigenvalue weighted by molar-refractivity contribution is 1.35. The van der Waals surface area contributed by atoms with Crippen molar-refractivity contribution in [3.05, 3.63) is 52.3 Å². The summed E-state index contributed by atoms with van der Waals surface area (Å²) in [7, 11) is 0. The van der Waals surface area contributed by atoms with Crippen LogP contribution in [0.3, 0.4) is 0 Å². The fraction of sp³-hybridized carbons (Fsp3) is 0.0833. The molecule has 0 amide bonds. The van der Waals surface area contributed by atoms with E-state index in [2.05, 4.69) is 4.98 Å². The summed E-state index contributed by atoms with van der Waals surface area (Å²) >= 11 is 0. The molecule has 0 unspecified atom stereocenters. The first-order chi connectivity index (χ1) is 6.81. The van der Waals surface area contributed by atoms with Crippen molar-refractivity contribution in [3.63, 3.8) is 0 Å². The Morgan fingerprint density at radius 1 is 1.29 bits per heavy atom. The minimum absolute atomic E-state index is 0.0625. The maximum atomic E-state index is 11.6. The van der Waals surface area contributed by atoms with Crippen molar-refractivity contribution >= 4 is 17.0 Å². The van der Waals surface area contributed by atoms with Crippen molar-refractivity contribution in [1.82, 2.24) is 4.98 Å². The zero-order valence-electron chi connectivity index (χ0n) is 7.95. The third-order valence-electron chi connectivity index (χ3n) is 2.10. The molecule has 1 aromatic carbocycles. The average molecular weight is 185 g/mol. The quantitative estimate of drug-likeness (QED) is 0.727. The van der Waals surface area contributed by atoms with Crippen LogP contribution in [0.2, 0.25) is 0 Å². The average Bonchev–Trinajstić information content (AvgIpc) is 2.18. The molecule has 0 atom stereocenters. The fourth-order valence-electron chi connectivity index (χ4n) is 1.49. The maximum Gasteiger partial charge on any atom is 0.189 e. The first-order valence-corrected chi connectivity index (χ1v) is 4.56. The molecule has 2 aromatic rings. The van der Waals surface area contributed by atoms with Gasteiger partial charge in [0, 0.05) is 22.7 Å². The Bertz CT molecular complexity index is 537. The zero-order chi connectivity index (χ0) is 9.97. The van der Waals surface area contributed by atoms with Crippen LogP contribution in [0.1, 0.15) is 12.6 Å². The van der Waals surface area contributed by atoms with E-state index < -0.39 is 0 Å². The molecule has 0 saturated heterocycles. The van der Waals surface area contributed by atoms with Gasteiger partial charge in [0.05, 0.1) is 0 Å². The molecule has 0 saturated carbocycles. The van der Waals surface area contributed by atoms with Crippen LogP contribution in [0.4, 0.5) is 0 Å². The molecule has 0 aliphatic rings. The number of benzene rings is 1. The molecule has 0 fully saturated rings. The second-order valence-corrected chi connectivity index (χ2v) is 3.13. The predicted molar refractivity (Wildman–Crippen MR) is 59.3 cm³/mol. The third-order valence-corrected chi connectivity index (χ3v) is 2.10. The molecule has 0 aliphatic carbocycles.